The number of rotatable bonds is 5. The second-order valence-electron chi connectivity index (χ2n) is 3.89. The fourth-order valence-electron chi connectivity index (χ4n) is 1.47. The van der Waals surface area contributed by atoms with Gasteiger partial charge < -0.3 is 10.1 Å². The lowest BCUT2D eigenvalue weighted by Gasteiger charge is -2.13. The molecule has 1 atom stereocenters. The Morgan fingerprint density at radius 3 is 2.72 bits per heavy atom. The Bertz CT molecular complexity index is 459. The first-order valence-electron chi connectivity index (χ1n) is 5.63. The second-order valence-corrected chi connectivity index (χ2v) is 3.89. The molecule has 18 heavy (non-hydrogen) atoms. The number of nitrogens with one attached hydrogen (secondary N) is 1. The zero-order valence-corrected chi connectivity index (χ0v) is 10.6. The van der Waals surface area contributed by atoms with E-state index in [1.54, 1.807) is 0 Å². The van der Waals surface area contributed by atoms with Crippen molar-refractivity contribution in [2.75, 3.05) is 7.11 Å². The number of methoxy groups -OCH3 is 1. The van der Waals surface area contributed by atoms with Crippen LogP contribution >= 0.6 is 0 Å². The molecule has 1 rings (SSSR count). The van der Waals surface area contributed by atoms with Crippen molar-refractivity contribution in [3.63, 3.8) is 0 Å². The van der Waals surface area contributed by atoms with E-state index in [-0.39, 0.29) is 23.0 Å². The van der Waals surface area contributed by atoms with Crippen LogP contribution in [0.2, 0.25) is 0 Å². The van der Waals surface area contributed by atoms with Crippen LogP contribution in [0.15, 0.2) is 18.2 Å². The quantitative estimate of drug-likeness (QED) is 0.643. The summed E-state index contributed by atoms with van der Waals surface area (Å²) >= 11 is 0. The second kappa shape index (κ2) is 6.00. The average Bonchev–Trinajstić information content (AvgIpc) is 2.37. The Morgan fingerprint density at radius 1 is 1.56 bits per heavy atom. The Hall–Kier alpha value is -2.11. The molecule has 1 amide bonds. The molecule has 0 saturated heterocycles. The maximum absolute atomic E-state index is 12.0. The maximum atomic E-state index is 12.0. The molecule has 1 unspecified atom stereocenters. The Labute approximate surface area is 105 Å². The zero-order valence-electron chi connectivity index (χ0n) is 10.6. The van der Waals surface area contributed by atoms with Crippen molar-refractivity contribution in [1.29, 1.82) is 0 Å². The number of carbonyl (C=O) groups is 1. The molecule has 6 nitrogen and oxygen atoms in total. The van der Waals surface area contributed by atoms with Gasteiger partial charge >= 0.3 is 0 Å². The number of carbonyl (C=O) groups excluding carboxylic acids is 1. The van der Waals surface area contributed by atoms with Crippen LogP contribution in [0.25, 0.3) is 0 Å². The minimum atomic E-state index is -0.589. The van der Waals surface area contributed by atoms with Crippen LogP contribution in [0.5, 0.6) is 5.75 Å². The highest BCUT2D eigenvalue weighted by atomic mass is 16.6. The van der Waals surface area contributed by atoms with Gasteiger partial charge in [0.2, 0.25) is 0 Å². The number of nitrogens with zero attached hydrogens (tertiary/aromatic N) is 1. The summed E-state index contributed by atoms with van der Waals surface area (Å²) in [6.07, 6.45) is 0.745. The predicted molar refractivity (Wildman–Crippen MR) is 66.9 cm³/mol. The van der Waals surface area contributed by atoms with Gasteiger partial charge in [0.1, 0.15) is 5.75 Å². The van der Waals surface area contributed by atoms with Gasteiger partial charge in [-0.2, -0.15) is 0 Å². The zero-order chi connectivity index (χ0) is 13.7. The van der Waals surface area contributed by atoms with Gasteiger partial charge in [0, 0.05) is 12.1 Å². The molecule has 0 aliphatic heterocycles. The summed E-state index contributed by atoms with van der Waals surface area (Å²) in [5.74, 6) is -0.293. The normalized spacial score (nSPS) is 11.7. The van der Waals surface area contributed by atoms with E-state index < -0.39 is 10.8 Å². The third kappa shape index (κ3) is 2.97. The Morgan fingerprint density at radius 2 is 2.22 bits per heavy atom. The van der Waals surface area contributed by atoms with Crippen molar-refractivity contribution >= 4 is 11.6 Å². The molecule has 0 radical (unpaired) electrons. The van der Waals surface area contributed by atoms with Gasteiger partial charge in [0.25, 0.3) is 11.6 Å². The van der Waals surface area contributed by atoms with Gasteiger partial charge in [-0.1, -0.05) is 13.0 Å². The third-order valence-electron chi connectivity index (χ3n) is 2.64. The van der Waals surface area contributed by atoms with Gasteiger partial charge in [-0.3, -0.25) is 14.9 Å². The van der Waals surface area contributed by atoms with E-state index in [2.05, 4.69) is 5.32 Å². The van der Waals surface area contributed by atoms with E-state index in [1.807, 2.05) is 13.8 Å². The molecule has 0 bridgehead atoms. The van der Waals surface area contributed by atoms with Crippen LogP contribution in [0.4, 0.5) is 5.69 Å². The molecule has 1 N–H and O–H groups in total. The topological polar surface area (TPSA) is 81.5 Å². The Balaban J connectivity index is 3.19. The van der Waals surface area contributed by atoms with Crippen molar-refractivity contribution in [1.82, 2.24) is 5.32 Å². The number of nitro groups is 1. The maximum Gasteiger partial charge on any atom is 0.285 e. The highest BCUT2D eigenvalue weighted by Gasteiger charge is 2.25. The largest absolute Gasteiger partial charge is 0.496 e. The number of nitro benzene ring substituents is 1. The third-order valence-corrected chi connectivity index (χ3v) is 2.64. The highest BCUT2D eigenvalue weighted by molar-refractivity contribution is 6.01. The number of benzene rings is 1. The summed E-state index contributed by atoms with van der Waals surface area (Å²) in [6, 6.07) is 4.24. The van der Waals surface area contributed by atoms with Crippen LogP contribution in [-0.4, -0.2) is 24.0 Å². The Kier molecular flexibility index (Phi) is 4.65. The molecule has 0 spiro atoms. The summed E-state index contributed by atoms with van der Waals surface area (Å²) in [5, 5.41) is 13.6. The summed E-state index contributed by atoms with van der Waals surface area (Å²) in [4.78, 5) is 22.4. The van der Waals surface area contributed by atoms with Gasteiger partial charge in [0.15, 0.2) is 5.56 Å². The fourth-order valence-corrected chi connectivity index (χ4v) is 1.47. The first-order valence-corrected chi connectivity index (χ1v) is 5.63. The molecule has 0 aliphatic rings. The molecule has 0 aliphatic carbocycles. The van der Waals surface area contributed by atoms with E-state index in [1.165, 1.54) is 25.3 Å². The van der Waals surface area contributed by atoms with Crippen molar-refractivity contribution in [2.24, 2.45) is 0 Å². The first-order chi connectivity index (χ1) is 8.51. The van der Waals surface area contributed by atoms with E-state index in [9.17, 15) is 14.9 Å². The minimum absolute atomic E-state index is 0.0368. The molecule has 1 aromatic rings. The number of hydrogen-bond acceptors (Lipinski definition) is 4. The first kappa shape index (κ1) is 14.0. The van der Waals surface area contributed by atoms with E-state index in [4.69, 9.17) is 4.74 Å². The van der Waals surface area contributed by atoms with Crippen LogP contribution in [0.1, 0.15) is 30.6 Å². The number of ether oxygens (including phenoxy) is 1. The van der Waals surface area contributed by atoms with Crippen LogP contribution in [0.3, 0.4) is 0 Å². The van der Waals surface area contributed by atoms with Gasteiger partial charge in [-0.05, 0) is 19.4 Å². The monoisotopic (exact) mass is 252 g/mol. The van der Waals surface area contributed by atoms with E-state index in [0.717, 1.165) is 6.42 Å². The summed E-state index contributed by atoms with van der Waals surface area (Å²) in [6.45, 7) is 3.75. The van der Waals surface area contributed by atoms with E-state index in [0.29, 0.717) is 0 Å². The number of hydrogen-bond donors (Lipinski definition) is 1. The molecular weight excluding hydrogens is 236 g/mol. The van der Waals surface area contributed by atoms with Crippen LogP contribution < -0.4 is 10.1 Å². The lowest BCUT2D eigenvalue weighted by atomic mass is 10.1. The summed E-state index contributed by atoms with van der Waals surface area (Å²) < 4.78 is 5.01. The molecular formula is C12H16N2O4. The standard InChI is InChI=1S/C12H16N2O4/c1-4-8(2)13-12(15)11-9(14(16)17)6-5-7-10(11)18-3/h5-8H,4H2,1-3H3,(H,13,15). The lowest BCUT2D eigenvalue weighted by molar-refractivity contribution is -0.385. The highest BCUT2D eigenvalue weighted by Crippen LogP contribution is 2.28. The molecule has 1 aromatic carbocycles. The van der Waals surface area contributed by atoms with Gasteiger partial charge in [-0.25, -0.2) is 0 Å². The summed E-state index contributed by atoms with van der Waals surface area (Å²) in [7, 11) is 1.37. The van der Waals surface area contributed by atoms with Crippen LogP contribution in [-0.2, 0) is 0 Å². The lowest BCUT2D eigenvalue weighted by Crippen LogP contribution is -2.32. The smallest absolute Gasteiger partial charge is 0.285 e. The molecule has 98 valence electrons. The predicted octanol–water partition coefficient (Wildman–Crippen LogP) is 2.13. The molecule has 0 aromatic heterocycles. The van der Waals surface area contributed by atoms with Crippen molar-refractivity contribution in [3.05, 3.63) is 33.9 Å². The fraction of sp³-hybridized carbons (Fsp3) is 0.417. The average molecular weight is 252 g/mol. The summed E-state index contributed by atoms with van der Waals surface area (Å²) in [5.41, 5.74) is -0.291. The molecule has 0 fully saturated rings. The van der Waals surface area contributed by atoms with Crippen LogP contribution in [0, 0.1) is 10.1 Å². The van der Waals surface area contributed by atoms with Gasteiger partial charge in [-0.15, -0.1) is 0 Å². The van der Waals surface area contributed by atoms with Crippen molar-refractivity contribution in [2.45, 2.75) is 26.3 Å². The molecule has 0 saturated carbocycles. The molecule has 0 heterocycles. The minimum Gasteiger partial charge on any atom is -0.496 e. The van der Waals surface area contributed by atoms with Crippen molar-refractivity contribution in [3.8, 4) is 5.75 Å². The van der Waals surface area contributed by atoms with Gasteiger partial charge in [0.05, 0.1) is 12.0 Å². The SMILES string of the molecule is CCC(C)NC(=O)c1c(OC)cccc1[N+](=O)[O-]. The number of amides is 1. The van der Waals surface area contributed by atoms with Crippen molar-refractivity contribution < 1.29 is 14.5 Å². The van der Waals surface area contributed by atoms with E-state index >= 15 is 0 Å². The molecule has 6 heteroatoms.